The molecule has 0 aliphatic heterocycles. The van der Waals surface area contributed by atoms with Crippen molar-refractivity contribution in [3.05, 3.63) is 65.5 Å². The number of pyridine rings is 1. The predicted octanol–water partition coefficient (Wildman–Crippen LogP) is 1.54. The van der Waals surface area contributed by atoms with E-state index in [9.17, 15) is 9.59 Å². The Morgan fingerprint density at radius 3 is 2.30 bits per heavy atom. The molecule has 6 nitrogen and oxygen atoms in total. The van der Waals surface area contributed by atoms with Crippen LogP contribution in [0.25, 0.3) is 0 Å². The van der Waals surface area contributed by atoms with Crippen LogP contribution in [0.4, 0.5) is 0 Å². The first-order valence-electron chi connectivity index (χ1n) is 5.73. The molecule has 1 aromatic heterocycles. The molecule has 1 heterocycles. The molecule has 0 radical (unpaired) electrons. The van der Waals surface area contributed by atoms with E-state index in [0.717, 1.165) is 0 Å². The SMILES string of the molecule is O=C(O)c1ccc(/C=N\NC(=O)c2ccncc2)cc1. The number of aromatic carboxylic acids is 1. The van der Waals surface area contributed by atoms with Gasteiger partial charge in [-0.25, -0.2) is 10.2 Å². The van der Waals surface area contributed by atoms with Gasteiger partial charge in [-0.05, 0) is 29.8 Å². The van der Waals surface area contributed by atoms with Gasteiger partial charge in [-0.2, -0.15) is 5.10 Å². The van der Waals surface area contributed by atoms with Gasteiger partial charge in [0.05, 0.1) is 11.8 Å². The third-order valence-electron chi connectivity index (χ3n) is 2.48. The Labute approximate surface area is 114 Å². The third-order valence-corrected chi connectivity index (χ3v) is 2.48. The molecule has 2 N–H and O–H groups in total. The summed E-state index contributed by atoms with van der Waals surface area (Å²) in [4.78, 5) is 26.1. The zero-order chi connectivity index (χ0) is 14.4. The molecule has 20 heavy (non-hydrogen) atoms. The summed E-state index contributed by atoms with van der Waals surface area (Å²) in [5.41, 5.74) is 3.71. The number of aromatic nitrogens is 1. The Bertz CT molecular complexity index is 636. The Hall–Kier alpha value is -3.02. The topological polar surface area (TPSA) is 91.6 Å². The fourth-order valence-corrected chi connectivity index (χ4v) is 1.45. The number of amides is 1. The number of benzene rings is 1. The second-order valence-electron chi connectivity index (χ2n) is 3.86. The summed E-state index contributed by atoms with van der Waals surface area (Å²) in [7, 11) is 0. The Morgan fingerprint density at radius 2 is 1.70 bits per heavy atom. The minimum atomic E-state index is -0.987. The third kappa shape index (κ3) is 3.49. The molecule has 0 bridgehead atoms. The van der Waals surface area contributed by atoms with Crippen molar-refractivity contribution in [2.75, 3.05) is 0 Å². The summed E-state index contributed by atoms with van der Waals surface area (Å²) in [6.45, 7) is 0. The largest absolute Gasteiger partial charge is 0.478 e. The minimum Gasteiger partial charge on any atom is -0.478 e. The van der Waals surface area contributed by atoms with Crippen LogP contribution >= 0.6 is 0 Å². The van der Waals surface area contributed by atoms with Crippen molar-refractivity contribution in [3.8, 4) is 0 Å². The molecule has 0 fully saturated rings. The van der Waals surface area contributed by atoms with Gasteiger partial charge in [0.15, 0.2) is 0 Å². The van der Waals surface area contributed by atoms with Crippen molar-refractivity contribution < 1.29 is 14.7 Å². The van der Waals surface area contributed by atoms with E-state index in [0.29, 0.717) is 11.1 Å². The van der Waals surface area contributed by atoms with Crippen LogP contribution < -0.4 is 5.43 Å². The van der Waals surface area contributed by atoms with E-state index in [1.165, 1.54) is 30.7 Å². The fraction of sp³-hybridized carbons (Fsp3) is 0. The molecule has 0 spiro atoms. The van der Waals surface area contributed by atoms with E-state index in [1.807, 2.05) is 0 Å². The van der Waals surface area contributed by atoms with E-state index in [1.54, 1.807) is 24.3 Å². The second kappa shape index (κ2) is 6.24. The van der Waals surface area contributed by atoms with Crippen molar-refractivity contribution in [2.45, 2.75) is 0 Å². The Kier molecular flexibility index (Phi) is 4.18. The number of carboxylic acid groups (broad SMARTS) is 1. The van der Waals surface area contributed by atoms with Gasteiger partial charge in [-0.1, -0.05) is 12.1 Å². The van der Waals surface area contributed by atoms with Crippen molar-refractivity contribution in [2.24, 2.45) is 5.10 Å². The fourth-order valence-electron chi connectivity index (χ4n) is 1.45. The monoisotopic (exact) mass is 269 g/mol. The summed E-state index contributed by atoms with van der Waals surface area (Å²) in [6.07, 6.45) is 4.47. The molecule has 100 valence electrons. The van der Waals surface area contributed by atoms with Crippen LogP contribution in [0.2, 0.25) is 0 Å². The van der Waals surface area contributed by atoms with Gasteiger partial charge >= 0.3 is 5.97 Å². The van der Waals surface area contributed by atoms with Crippen molar-refractivity contribution in [3.63, 3.8) is 0 Å². The van der Waals surface area contributed by atoms with E-state index in [4.69, 9.17) is 5.11 Å². The van der Waals surface area contributed by atoms with Gasteiger partial charge in [0.2, 0.25) is 0 Å². The molecule has 0 aliphatic carbocycles. The van der Waals surface area contributed by atoms with Crippen LogP contribution in [0.1, 0.15) is 26.3 Å². The minimum absolute atomic E-state index is 0.197. The number of carboxylic acids is 1. The first kappa shape index (κ1) is 13.4. The quantitative estimate of drug-likeness (QED) is 0.650. The summed E-state index contributed by atoms with van der Waals surface area (Å²) >= 11 is 0. The van der Waals surface area contributed by atoms with E-state index in [-0.39, 0.29) is 11.5 Å². The molecular weight excluding hydrogens is 258 g/mol. The summed E-state index contributed by atoms with van der Waals surface area (Å²) in [6, 6.07) is 9.29. The molecular formula is C14H11N3O3. The number of nitrogens with zero attached hydrogens (tertiary/aromatic N) is 2. The number of rotatable bonds is 4. The number of carbonyl (C=O) groups is 2. The summed E-state index contributed by atoms with van der Waals surface area (Å²) in [5, 5.41) is 12.6. The lowest BCUT2D eigenvalue weighted by molar-refractivity contribution is 0.0696. The highest BCUT2D eigenvalue weighted by atomic mass is 16.4. The molecule has 0 aliphatic rings. The number of nitrogens with one attached hydrogen (secondary N) is 1. The first-order chi connectivity index (χ1) is 9.66. The van der Waals surface area contributed by atoms with Crippen LogP contribution in [-0.4, -0.2) is 28.2 Å². The van der Waals surface area contributed by atoms with Gasteiger partial charge in [0.25, 0.3) is 5.91 Å². The number of hydrogen-bond acceptors (Lipinski definition) is 4. The predicted molar refractivity (Wildman–Crippen MR) is 72.7 cm³/mol. The van der Waals surface area contributed by atoms with Crippen LogP contribution in [0.3, 0.4) is 0 Å². The summed E-state index contributed by atoms with van der Waals surface area (Å²) in [5.74, 6) is -1.33. The molecule has 0 atom stereocenters. The second-order valence-corrected chi connectivity index (χ2v) is 3.86. The number of hydrazone groups is 1. The van der Waals surface area contributed by atoms with Gasteiger partial charge < -0.3 is 5.11 Å². The molecule has 0 saturated carbocycles. The standard InChI is InChI=1S/C14H11N3O3/c18-13(11-5-7-15-8-6-11)17-16-9-10-1-3-12(4-2-10)14(19)20/h1-9H,(H,17,18)(H,19,20)/b16-9-. The maximum absolute atomic E-state index is 11.6. The van der Waals surface area contributed by atoms with Crippen molar-refractivity contribution >= 4 is 18.1 Å². The van der Waals surface area contributed by atoms with E-state index >= 15 is 0 Å². The van der Waals surface area contributed by atoms with Crippen LogP contribution in [0.15, 0.2) is 53.9 Å². The number of carbonyl (C=O) groups excluding carboxylic acids is 1. The average Bonchev–Trinajstić information content (AvgIpc) is 2.48. The Morgan fingerprint density at radius 1 is 1.05 bits per heavy atom. The van der Waals surface area contributed by atoms with Crippen LogP contribution in [-0.2, 0) is 0 Å². The van der Waals surface area contributed by atoms with Crippen LogP contribution in [0, 0.1) is 0 Å². The first-order valence-corrected chi connectivity index (χ1v) is 5.73. The van der Waals surface area contributed by atoms with Crippen molar-refractivity contribution in [1.29, 1.82) is 0 Å². The maximum Gasteiger partial charge on any atom is 0.335 e. The maximum atomic E-state index is 11.6. The molecule has 0 unspecified atom stereocenters. The van der Waals surface area contributed by atoms with Crippen LogP contribution in [0.5, 0.6) is 0 Å². The zero-order valence-corrected chi connectivity index (χ0v) is 10.4. The lowest BCUT2D eigenvalue weighted by Gasteiger charge is -1.99. The van der Waals surface area contributed by atoms with Gasteiger partial charge in [-0.3, -0.25) is 9.78 Å². The van der Waals surface area contributed by atoms with E-state index in [2.05, 4.69) is 15.5 Å². The molecule has 2 aromatic rings. The van der Waals surface area contributed by atoms with Gasteiger partial charge in [0.1, 0.15) is 0 Å². The lowest BCUT2D eigenvalue weighted by atomic mass is 10.1. The molecule has 0 saturated heterocycles. The highest BCUT2D eigenvalue weighted by Gasteiger charge is 2.02. The highest BCUT2D eigenvalue weighted by molar-refractivity contribution is 5.94. The normalized spacial score (nSPS) is 10.4. The van der Waals surface area contributed by atoms with E-state index < -0.39 is 5.97 Å². The molecule has 6 heteroatoms. The molecule has 2 rings (SSSR count). The average molecular weight is 269 g/mol. The highest BCUT2D eigenvalue weighted by Crippen LogP contribution is 2.02. The lowest BCUT2D eigenvalue weighted by Crippen LogP contribution is -2.17. The Balaban J connectivity index is 1.96. The smallest absolute Gasteiger partial charge is 0.335 e. The summed E-state index contributed by atoms with van der Waals surface area (Å²) < 4.78 is 0. The van der Waals surface area contributed by atoms with Crippen molar-refractivity contribution in [1.82, 2.24) is 10.4 Å². The van der Waals surface area contributed by atoms with Gasteiger partial charge in [0, 0.05) is 18.0 Å². The van der Waals surface area contributed by atoms with Gasteiger partial charge in [-0.15, -0.1) is 0 Å². The molecule has 1 amide bonds. The number of hydrogen-bond donors (Lipinski definition) is 2. The molecule has 1 aromatic carbocycles. The zero-order valence-electron chi connectivity index (χ0n) is 10.4.